The summed E-state index contributed by atoms with van der Waals surface area (Å²) in [6.45, 7) is 8.71. The largest absolute Gasteiger partial charge is 0.493 e. The molecule has 0 aliphatic rings. The Morgan fingerprint density at radius 2 is 2.10 bits per heavy atom. The van der Waals surface area contributed by atoms with Crippen molar-refractivity contribution >= 4 is 35.6 Å². The van der Waals surface area contributed by atoms with Crippen LogP contribution in [-0.2, 0) is 11.2 Å². The first-order chi connectivity index (χ1) is 13.6. The van der Waals surface area contributed by atoms with E-state index >= 15 is 0 Å². The van der Waals surface area contributed by atoms with Crippen molar-refractivity contribution in [2.24, 2.45) is 4.99 Å². The number of aromatic nitrogens is 2. The molecule has 2 N–H and O–H groups in total. The highest BCUT2D eigenvalue weighted by molar-refractivity contribution is 14.0. The normalized spacial score (nSPS) is 11.3. The summed E-state index contributed by atoms with van der Waals surface area (Å²) in [5.74, 6) is 3.09. The van der Waals surface area contributed by atoms with Crippen LogP contribution in [0.15, 0.2) is 33.8 Å². The summed E-state index contributed by atoms with van der Waals surface area (Å²) in [6, 6.07) is 7.81. The van der Waals surface area contributed by atoms with Gasteiger partial charge in [0, 0.05) is 50.8 Å². The highest BCUT2D eigenvalue weighted by atomic mass is 127. The number of benzene rings is 1. The van der Waals surface area contributed by atoms with Crippen LogP contribution in [0, 0.1) is 0 Å². The van der Waals surface area contributed by atoms with Crippen LogP contribution in [0.4, 0.5) is 5.69 Å². The van der Waals surface area contributed by atoms with E-state index in [0.717, 1.165) is 30.2 Å². The Balaban J connectivity index is 0.00000420. The van der Waals surface area contributed by atoms with Crippen molar-refractivity contribution in [2.75, 3.05) is 38.7 Å². The van der Waals surface area contributed by atoms with Gasteiger partial charge in [-0.25, -0.2) is 0 Å². The van der Waals surface area contributed by atoms with Crippen molar-refractivity contribution in [3.05, 3.63) is 36.0 Å². The Kier molecular flexibility index (Phi) is 12.3. The molecule has 0 radical (unpaired) electrons. The van der Waals surface area contributed by atoms with E-state index in [1.54, 1.807) is 7.11 Å². The van der Waals surface area contributed by atoms with Gasteiger partial charge in [0.15, 0.2) is 11.8 Å². The topological polar surface area (TPSA) is 93.8 Å². The molecule has 162 valence electrons. The smallest absolute Gasteiger partial charge is 0.228 e. The zero-order valence-electron chi connectivity index (χ0n) is 17.6. The molecule has 1 aromatic carbocycles. The van der Waals surface area contributed by atoms with Crippen LogP contribution in [0.3, 0.4) is 0 Å². The van der Waals surface area contributed by atoms with Crippen molar-refractivity contribution in [1.29, 1.82) is 0 Å². The maximum atomic E-state index is 5.74. The lowest BCUT2D eigenvalue weighted by atomic mass is 10.2. The fraction of sp³-hybridized carbons (Fsp3) is 0.550. The highest BCUT2D eigenvalue weighted by Gasteiger charge is 2.09. The van der Waals surface area contributed by atoms with Crippen LogP contribution in [0.2, 0.25) is 0 Å². The Bertz CT molecular complexity index is 736. The summed E-state index contributed by atoms with van der Waals surface area (Å²) in [7, 11) is 1.69. The minimum absolute atomic E-state index is 0. The number of anilines is 1. The molecule has 0 aliphatic carbocycles. The van der Waals surface area contributed by atoms with Gasteiger partial charge in [-0.1, -0.05) is 25.1 Å². The molecule has 0 saturated heterocycles. The molecular formula is C20H32IN5O3. The quantitative estimate of drug-likeness (QED) is 0.203. The summed E-state index contributed by atoms with van der Waals surface area (Å²) in [4.78, 5) is 8.96. The van der Waals surface area contributed by atoms with Crippen LogP contribution < -0.4 is 15.4 Å². The lowest BCUT2D eigenvalue weighted by Crippen LogP contribution is -2.30. The Morgan fingerprint density at radius 3 is 2.79 bits per heavy atom. The van der Waals surface area contributed by atoms with E-state index in [0.29, 0.717) is 38.0 Å². The van der Waals surface area contributed by atoms with E-state index in [-0.39, 0.29) is 29.9 Å². The lowest BCUT2D eigenvalue weighted by Gasteiger charge is -2.12. The lowest BCUT2D eigenvalue weighted by molar-refractivity contribution is 0.172. The predicted molar refractivity (Wildman–Crippen MR) is 126 cm³/mol. The second-order valence-corrected chi connectivity index (χ2v) is 6.56. The van der Waals surface area contributed by atoms with Gasteiger partial charge in [-0.3, -0.25) is 4.99 Å². The zero-order chi connectivity index (χ0) is 20.2. The number of halogens is 1. The Morgan fingerprint density at radius 1 is 1.28 bits per heavy atom. The number of hydrogen-bond donors (Lipinski definition) is 2. The Hall–Kier alpha value is -1.88. The zero-order valence-corrected chi connectivity index (χ0v) is 19.9. The first-order valence-corrected chi connectivity index (χ1v) is 9.72. The molecule has 29 heavy (non-hydrogen) atoms. The molecule has 0 unspecified atom stereocenters. The molecule has 1 aromatic heterocycles. The molecule has 1 heterocycles. The monoisotopic (exact) mass is 517 g/mol. The van der Waals surface area contributed by atoms with Crippen LogP contribution in [-0.4, -0.2) is 49.5 Å². The number of nitrogens with zero attached hydrogens (tertiary/aromatic N) is 3. The second kappa shape index (κ2) is 14.2. The molecule has 0 bridgehead atoms. The van der Waals surface area contributed by atoms with E-state index in [1.165, 1.54) is 0 Å². The first-order valence-electron chi connectivity index (χ1n) is 9.72. The van der Waals surface area contributed by atoms with Crippen LogP contribution in [0.25, 0.3) is 0 Å². The molecule has 0 atom stereocenters. The van der Waals surface area contributed by atoms with Gasteiger partial charge in [-0.05, 0) is 19.1 Å². The maximum absolute atomic E-state index is 5.74. The number of rotatable bonds is 11. The first kappa shape index (κ1) is 25.2. The number of aliphatic imine (C=N–C) groups is 1. The summed E-state index contributed by atoms with van der Waals surface area (Å²) in [6.07, 6.45) is 1.45. The number of guanidine groups is 1. The SMILES string of the molecule is CCNC(=NCCc1nc(C(C)C)no1)Nc1cccc(OCCCOC)c1.I. The molecule has 0 saturated carbocycles. The predicted octanol–water partition coefficient (Wildman–Crippen LogP) is 3.85. The molecule has 0 spiro atoms. The fourth-order valence-corrected chi connectivity index (χ4v) is 2.37. The molecule has 2 aromatic rings. The molecule has 0 fully saturated rings. The highest BCUT2D eigenvalue weighted by Crippen LogP contribution is 2.17. The average molecular weight is 517 g/mol. The van der Waals surface area contributed by atoms with Gasteiger partial charge in [-0.15, -0.1) is 24.0 Å². The number of nitrogens with one attached hydrogen (secondary N) is 2. The van der Waals surface area contributed by atoms with Crippen molar-refractivity contribution in [3.63, 3.8) is 0 Å². The van der Waals surface area contributed by atoms with Gasteiger partial charge in [0.25, 0.3) is 0 Å². The van der Waals surface area contributed by atoms with Crippen LogP contribution in [0.5, 0.6) is 5.75 Å². The minimum Gasteiger partial charge on any atom is -0.493 e. The minimum atomic E-state index is 0. The fourth-order valence-electron chi connectivity index (χ4n) is 2.37. The van der Waals surface area contributed by atoms with Crippen molar-refractivity contribution in [2.45, 2.75) is 39.5 Å². The second-order valence-electron chi connectivity index (χ2n) is 6.56. The third-order valence-corrected chi connectivity index (χ3v) is 3.80. The molecule has 9 heteroatoms. The van der Waals surface area contributed by atoms with Gasteiger partial charge < -0.3 is 24.6 Å². The van der Waals surface area contributed by atoms with Gasteiger partial charge in [0.1, 0.15) is 5.75 Å². The van der Waals surface area contributed by atoms with Crippen LogP contribution >= 0.6 is 24.0 Å². The van der Waals surface area contributed by atoms with E-state index in [4.69, 9.17) is 14.0 Å². The van der Waals surface area contributed by atoms with Gasteiger partial charge in [-0.2, -0.15) is 4.98 Å². The van der Waals surface area contributed by atoms with E-state index < -0.39 is 0 Å². The summed E-state index contributed by atoms with van der Waals surface area (Å²) in [5.41, 5.74) is 0.906. The standard InChI is InChI=1S/C20H31N5O3.HI/c1-5-21-20(22-11-10-18-24-19(15(2)3)25-28-18)23-16-8-6-9-17(14-16)27-13-7-12-26-4;/h6,8-9,14-15H,5,7,10-13H2,1-4H3,(H2,21,22,23);1H. The molecular weight excluding hydrogens is 485 g/mol. The maximum Gasteiger partial charge on any atom is 0.228 e. The Labute approximate surface area is 189 Å². The summed E-state index contributed by atoms with van der Waals surface area (Å²) < 4.78 is 16.0. The molecule has 0 aliphatic heterocycles. The summed E-state index contributed by atoms with van der Waals surface area (Å²) in [5, 5.41) is 10.5. The van der Waals surface area contributed by atoms with Crippen molar-refractivity contribution in [1.82, 2.24) is 15.5 Å². The van der Waals surface area contributed by atoms with Gasteiger partial charge in [0.2, 0.25) is 5.89 Å². The number of methoxy groups -OCH3 is 1. The molecule has 2 rings (SSSR count). The summed E-state index contributed by atoms with van der Waals surface area (Å²) >= 11 is 0. The van der Waals surface area contributed by atoms with Crippen molar-refractivity contribution < 1.29 is 14.0 Å². The van der Waals surface area contributed by atoms with E-state index in [9.17, 15) is 0 Å². The van der Waals surface area contributed by atoms with Crippen molar-refractivity contribution in [3.8, 4) is 5.75 Å². The average Bonchev–Trinajstić information content (AvgIpc) is 3.15. The van der Waals surface area contributed by atoms with E-state index in [1.807, 2.05) is 45.0 Å². The van der Waals surface area contributed by atoms with Crippen LogP contribution in [0.1, 0.15) is 44.8 Å². The third-order valence-electron chi connectivity index (χ3n) is 3.80. The third kappa shape index (κ3) is 9.44. The van der Waals surface area contributed by atoms with E-state index in [2.05, 4.69) is 25.8 Å². The van der Waals surface area contributed by atoms with Gasteiger partial charge >= 0.3 is 0 Å². The number of ether oxygens (including phenoxy) is 2. The van der Waals surface area contributed by atoms with Gasteiger partial charge in [0.05, 0.1) is 13.2 Å². The molecule has 0 amide bonds. The molecule has 8 nitrogen and oxygen atoms in total. The number of hydrogen-bond acceptors (Lipinski definition) is 6.